The Bertz CT molecular complexity index is 578. The van der Waals surface area contributed by atoms with Gasteiger partial charge in [-0.25, -0.2) is 8.78 Å². The highest BCUT2D eigenvalue weighted by Crippen LogP contribution is 2.25. The smallest absolute Gasteiger partial charge is 0.133 e. The highest BCUT2D eigenvalue weighted by atomic mass is 19.1. The SMILES string of the molecule is CNC(Cc1cnn(C)c1)c1c(F)ccc(C)c1F. The number of aryl methyl sites for hydroxylation is 2. The first-order valence-corrected chi connectivity index (χ1v) is 6.12. The number of nitrogens with zero attached hydrogens (tertiary/aromatic N) is 2. The maximum atomic E-state index is 14.1. The summed E-state index contributed by atoms with van der Waals surface area (Å²) < 4.78 is 29.7. The number of benzene rings is 1. The fourth-order valence-electron chi connectivity index (χ4n) is 2.16. The summed E-state index contributed by atoms with van der Waals surface area (Å²) in [6.07, 6.45) is 4.04. The maximum Gasteiger partial charge on any atom is 0.133 e. The molecule has 102 valence electrons. The van der Waals surface area contributed by atoms with Gasteiger partial charge < -0.3 is 5.32 Å². The van der Waals surface area contributed by atoms with Crippen molar-refractivity contribution in [2.75, 3.05) is 7.05 Å². The molecule has 1 aromatic carbocycles. The molecule has 1 aromatic heterocycles. The Morgan fingerprint density at radius 3 is 2.68 bits per heavy atom. The first-order valence-electron chi connectivity index (χ1n) is 6.12. The normalized spacial score (nSPS) is 12.7. The Labute approximate surface area is 111 Å². The molecule has 0 aliphatic carbocycles. The molecule has 5 heteroatoms. The highest BCUT2D eigenvalue weighted by Gasteiger charge is 2.21. The van der Waals surface area contributed by atoms with Gasteiger partial charge in [-0.15, -0.1) is 0 Å². The van der Waals surface area contributed by atoms with Crippen molar-refractivity contribution < 1.29 is 8.78 Å². The van der Waals surface area contributed by atoms with Gasteiger partial charge in [0.2, 0.25) is 0 Å². The molecule has 1 N–H and O–H groups in total. The number of rotatable bonds is 4. The average molecular weight is 265 g/mol. The van der Waals surface area contributed by atoms with Crippen LogP contribution in [0.5, 0.6) is 0 Å². The van der Waals surface area contributed by atoms with Crippen LogP contribution in [0.3, 0.4) is 0 Å². The Balaban J connectivity index is 2.34. The van der Waals surface area contributed by atoms with Crippen LogP contribution in [-0.4, -0.2) is 16.8 Å². The Morgan fingerprint density at radius 1 is 1.37 bits per heavy atom. The topological polar surface area (TPSA) is 29.9 Å². The third kappa shape index (κ3) is 2.81. The minimum atomic E-state index is -0.522. The van der Waals surface area contributed by atoms with Crippen LogP contribution in [0, 0.1) is 18.6 Å². The highest BCUT2D eigenvalue weighted by molar-refractivity contribution is 5.30. The second-order valence-electron chi connectivity index (χ2n) is 4.66. The molecule has 1 heterocycles. The first-order chi connectivity index (χ1) is 9.02. The molecule has 0 fully saturated rings. The number of aromatic nitrogens is 2. The van der Waals surface area contributed by atoms with Gasteiger partial charge in [0.1, 0.15) is 11.6 Å². The molecule has 1 atom stereocenters. The van der Waals surface area contributed by atoms with Gasteiger partial charge in [-0.3, -0.25) is 4.68 Å². The van der Waals surface area contributed by atoms with E-state index in [1.165, 1.54) is 12.1 Å². The van der Waals surface area contributed by atoms with Crippen molar-refractivity contribution in [3.05, 3.63) is 52.9 Å². The molecule has 0 spiro atoms. The number of nitrogens with one attached hydrogen (secondary N) is 1. The molecular weight excluding hydrogens is 248 g/mol. The molecule has 1 unspecified atom stereocenters. The summed E-state index contributed by atoms with van der Waals surface area (Å²) in [5.74, 6) is -1.01. The minimum absolute atomic E-state index is 0.0892. The van der Waals surface area contributed by atoms with Crippen molar-refractivity contribution in [3.8, 4) is 0 Å². The molecule has 19 heavy (non-hydrogen) atoms. The van der Waals surface area contributed by atoms with E-state index in [-0.39, 0.29) is 5.56 Å². The lowest BCUT2D eigenvalue weighted by Gasteiger charge is -2.18. The molecule has 0 saturated carbocycles. The summed E-state index contributed by atoms with van der Waals surface area (Å²) in [6, 6.07) is 2.34. The number of likely N-dealkylation sites (N-methyl/N-ethyl adjacent to an activating group) is 1. The second-order valence-corrected chi connectivity index (χ2v) is 4.66. The van der Waals surface area contributed by atoms with Gasteiger partial charge in [0, 0.05) is 24.8 Å². The van der Waals surface area contributed by atoms with Crippen molar-refractivity contribution in [2.24, 2.45) is 7.05 Å². The van der Waals surface area contributed by atoms with E-state index in [0.29, 0.717) is 12.0 Å². The third-order valence-electron chi connectivity index (χ3n) is 3.21. The number of hydrogen-bond acceptors (Lipinski definition) is 2. The van der Waals surface area contributed by atoms with Gasteiger partial charge >= 0.3 is 0 Å². The molecular formula is C14H17F2N3. The molecule has 0 aliphatic heterocycles. The van der Waals surface area contributed by atoms with Crippen molar-refractivity contribution in [1.82, 2.24) is 15.1 Å². The minimum Gasteiger partial charge on any atom is -0.313 e. The molecule has 0 bridgehead atoms. The first kappa shape index (κ1) is 13.7. The molecule has 3 nitrogen and oxygen atoms in total. The summed E-state index contributed by atoms with van der Waals surface area (Å²) in [7, 11) is 3.51. The van der Waals surface area contributed by atoms with Crippen LogP contribution in [-0.2, 0) is 13.5 Å². The summed E-state index contributed by atoms with van der Waals surface area (Å²) in [5, 5.41) is 7.03. The van der Waals surface area contributed by atoms with E-state index in [1.54, 1.807) is 24.9 Å². The van der Waals surface area contributed by atoms with Gasteiger partial charge in [0.05, 0.1) is 6.20 Å². The van der Waals surface area contributed by atoms with Gasteiger partial charge in [-0.1, -0.05) is 6.07 Å². The lowest BCUT2D eigenvalue weighted by molar-refractivity contribution is 0.486. The van der Waals surface area contributed by atoms with Crippen LogP contribution >= 0.6 is 0 Å². The van der Waals surface area contributed by atoms with E-state index in [1.807, 2.05) is 13.2 Å². The molecule has 0 amide bonds. The standard InChI is InChI=1S/C14H17F2N3/c1-9-4-5-11(15)13(14(9)16)12(17-2)6-10-7-18-19(3)8-10/h4-5,7-8,12,17H,6H2,1-3H3. The van der Waals surface area contributed by atoms with E-state index in [4.69, 9.17) is 0 Å². The van der Waals surface area contributed by atoms with Gasteiger partial charge in [-0.05, 0) is 37.6 Å². The number of hydrogen-bond donors (Lipinski definition) is 1. The average Bonchev–Trinajstić information content (AvgIpc) is 2.78. The van der Waals surface area contributed by atoms with Crippen LogP contribution in [0.25, 0.3) is 0 Å². The predicted octanol–water partition coefficient (Wildman–Crippen LogP) is 2.51. The van der Waals surface area contributed by atoms with Crippen LogP contribution < -0.4 is 5.32 Å². The van der Waals surface area contributed by atoms with Crippen molar-refractivity contribution >= 4 is 0 Å². The Hall–Kier alpha value is -1.75. The third-order valence-corrected chi connectivity index (χ3v) is 3.21. The fourth-order valence-corrected chi connectivity index (χ4v) is 2.16. The predicted molar refractivity (Wildman–Crippen MR) is 69.8 cm³/mol. The second kappa shape index (κ2) is 5.48. The molecule has 0 aliphatic rings. The Morgan fingerprint density at radius 2 is 2.11 bits per heavy atom. The lowest BCUT2D eigenvalue weighted by Crippen LogP contribution is -2.21. The van der Waals surface area contributed by atoms with E-state index in [2.05, 4.69) is 10.4 Å². The lowest BCUT2D eigenvalue weighted by atomic mass is 9.98. The zero-order valence-electron chi connectivity index (χ0n) is 11.2. The maximum absolute atomic E-state index is 14.1. The van der Waals surface area contributed by atoms with E-state index in [9.17, 15) is 8.78 Å². The zero-order chi connectivity index (χ0) is 14.0. The summed E-state index contributed by atoms with van der Waals surface area (Å²) in [6.45, 7) is 1.63. The van der Waals surface area contributed by atoms with Crippen LogP contribution in [0.1, 0.15) is 22.7 Å². The van der Waals surface area contributed by atoms with Gasteiger partial charge in [0.15, 0.2) is 0 Å². The monoisotopic (exact) mass is 265 g/mol. The van der Waals surface area contributed by atoms with Gasteiger partial charge in [0.25, 0.3) is 0 Å². The van der Waals surface area contributed by atoms with E-state index >= 15 is 0 Å². The van der Waals surface area contributed by atoms with Crippen molar-refractivity contribution in [2.45, 2.75) is 19.4 Å². The van der Waals surface area contributed by atoms with E-state index < -0.39 is 17.7 Å². The number of halogens is 2. The summed E-state index contributed by atoms with van der Waals surface area (Å²) in [5.41, 5.74) is 1.47. The van der Waals surface area contributed by atoms with Crippen LogP contribution in [0.15, 0.2) is 24.5 Å². The molecule has 0 radical (unpaired) electrons. The summed E-state index contributed by atoms with van der Waals surface area (Å²) >= 11 is 0. The van der Waals surface area contributed by atoms with Gasteiger partial charge in [-0.2, -0.15) is 5.10 Å². The molecule has 2 rings (SSSR count). The van der Waals surface area contributed by atoms with Crippen molar-refractivity contribution in [1.29, 1.82) is 0 Å². The van der Waals surface area contributed by atoms with E-state index in [0.717, 1.165) is 5.56 Å². The Kier molecular flexibility index (Phi) is 3.95. The largest absolute Gasteiger partial charge is 0.313 e. The fraction of sp³-hybridized carbons (Fsp3) is 0.357. The summed E-state index contributed by atoms with van der Waals surface area (Å²) in [4.78, 5) is 0. The van der Waals surface area contributed by atoms with Crippen LogP contribution in [0.4, 0.5) is 8.78 Å². The zero-order valence-corrected chi connectivity index (χ0v) is 11.2. The molecule has 0 saturated heterocycles. The quantitative estimate of drug-likeness (QED) is 0.920. The molecule has 2 aromatic rings. The van der Waals surface area contributed by atoms with Crippen molar-refractivity contribution in [3.63, 3.8) is 0 Å². The van der Waals surface area contributed by atoms with Crippen LogP contribution in [0.2, 0.25) is 0 Å².